The van der Waals surface area contributed by atoms with Crippen LogP contribution in [-0.4, -0.2) is 44.9 Å². The third-order valence-electron chi connectivity index (χ3n) is 4.79. The van der Waals surface area contributed by atoms with Gasteiger partial charge in [-0.15, -0.1) is 0 Å². The van der Waals surface area contributed by atoms with Crippen LogP contribution in [0.15, 0.2) is 65.7 Å². The Morgan fingerprint density at radius 1 is 1.14 bits per heavy atom. The molecule has 3 atom stereocenters. The fourth-order valence-corrected chi connectivity index (χ4v) is 3.24. The number of hydrogen-bond donors (Lipinski definition) is 2. The second-order valence-corrected chi connectivity index (χ2v) is 6.64. The number of nitrogens with zero attached hydrogens (tertiary/aromatic N) is 2. The highest BCUT2D eigenvalue weighted by Crippen LogP contribution is 2.25. The minimum absolute atomic E-state index is 0.220. The number of halogens is 1. The number of aromatic nitrogens is 2. The van der Waals surface area contributed by atoms with Gasteiger partial charge < -0.3 is 19.7 Å². The first kappa shape index (κ1) is 19.3. The zero-order valence-electron chi connectivity index (χ0n) is 15.3. The lowest BCUT2D eigenvalue weighted by atomic mass is 10.1. The third-order valence-corrected chi connectivity index (χ3v) is 4.79. The van der Waals surface area contributed by atoms with Gasteiger partial charge in [0.2, 0.25) is 0 Å². The topological polar surface area (TPSA) is 93.8 Å². The summed E-state index contributed by atoms with van der Waals surface area (Å²) in [6.07, 6.45) is 0.192. The molecule has 2 heterocycles. The lowest BCUT2D eigenvalue weighted by molar-refractivity contribution is -0.117. The first-order valence-electron chi connectivity index (χ1n) is 9.07. The van der Waals surface area contributed by atoms with Gasteiger partial charge in [-0.1, -0.05) is 18.2 Å². The molecule has 3 aromatic rings. The number of ether oxygens (including phenoxy) is 2. The fourth-order valence-electron chi connectivity index (χ4n) is 3.24. The van der Waals surface area contributed by atoms with Gasteiger partial charge in [0.25, 0.3) is 5.56 Å². The van der Waals surface area contributed by atoms with Crippen molar-refractivity contribution in [2.45, 2.75) is 25.0 Å². The molecule has 8 heteroatoms. The Morgan fingerprint density at radius 3 is 2.59 bits per heavy atom. The molecule has 150 valence electrons. The van der Waals surface area contributed by atoms with E-state index < -0.39 is 18.3 Å². The van der Waals surface area contributed by atoms with E-state index in [0.29, 0.717) is 22.0 Å². The van der Waals surface area contributed by atoms with Gasteiger partial charge in [0.1, 0.15) is 30.9 Å². The molecule has 0 saturated heterocycles. The monoisotopic (exact) mass is 398 g/mol. The molecule has 0 spiro atoms. The average Bonchev–Trinajstić information content (AvgIpc) is 2.75. The molecular weight excluding hydrogens is 379 g/mol. The Morgan fingerprint density at radius 2 is 1.86 bits per heavy atom. The Kier molecular flexibility index (Phi) is 5.39. The molecule has 7 nitrogen and oxygen atoms in total. The van der Waals surface area contributed by atoms with Gasteiger partial charge in [0, 0.05) is 10.9 Å². The van der Waals surface area contributed by atoms with E-state index in [1.807, 2.05) is 0 Å². The van der Waals surface area contributed by atoms with Gasteiger partial charge in [-0.25, -0.2) is 9.07 Å². The van der Waals surface area contributed by atoms with Crippen LogP contribution >= 0.6 is 0 Å². The van der Waals surface area contributed by atoms with Crippen molar-refractivity contribution in [2.75, 3.05) is 6.61 Å². The first-order chi connectivity index (χ1) is 14.1. The van der Waals surface area contributed by atoms with E-state index in [9.17, 15) is 19.4 Å². The standard InChI is InChI=1S/C21H19FN2O5/c22-14-7-5-13(6-8-14)19-15-3-1-2-4-16(15)21(27)24(23-19)12-29-17-9-10-28-18(11-25)20(17)26/h1-10,17-18,20,25-26H,11-12H2/t17-,18-,20-/m1/s1. The molecule has 0 aliphatic carbocycles. The molecule has 1 aliphatic rings. The number of rotatable bonds is 5. The van der Waals surface area contributed by atoms with Crippen LogP contribution in [0, 0.1) is 5.82 Å². The van der Waals surface area contributed by atoms with E-state index in [4.69, 9.17) is 9.47 Å². The Hall–Kier alpha value is -3.07. The van der Waals surface area contributed by atoms with Crippen LogP contribution in [0.3, 0.4) is 0 Å². The molecule has 0 fully saturated rings. The molecule has 0 saturated carbocycles. The van der Waals surface area contributed by atoms with Gasteiger partial charge >= 0.3 is 0 Å². The summed E-state index contributed by atoms with van der Waals surface area (Å²) < 4.78 is 25.3. The van der Waals surface area contributed by atoms with Crippen LogP contribution in [0.1, 0.15) is 0 Å². The lowest BCUT2D eigenvalue weighted by Crippen LogP contribution is -2.44. The number of fused-ring (bicyclic) bond motifs is 1. The van der Waals surface area contributed by atoms with Crippen LogP contribution in [0.5, 0.6) is 0 Å². The van der Waals surface area contributed by atoms with E-state index in [-0.39, 0.29) is 24.7 Å². The van der Waals surface area contributed by atoms with Gasteiger partial charge in [-0.3, -0.25) is 4.79 Å². The van der Waals surface area contributed by atoms with Gasteiger partial charge in [-0.05, 0) is 36.4 Å². The van der Waals surface area contributed by atoms with Crippen molar-refractivity contribution in [3.05, 3.63) is 77.0 Å². The predicted octanol–water partition coefficient (Wildman–Crippen LogP) is 1.81. The summed E-state index contributed by atoms with van der Waals surface area (Å²) in [6.45, 7) is -0.587. The second-order valence-electron chi connectivity index (χ2n) is 6.64. The maximum atomic E-state index is 13.3. The van der Waals surface area contributed by atoms with Crippen LogP contribution in [0.2, 0.25) is 0 Å². The van der Waals surface area contributed by atoms with Crippen molar-refractivity contribution in [1.29, 1.82) is 0 Å². The smallest absolute Gasteiger partial charge is 0.276 e. The molecule has 1 aliphatic heterocycles. The zero-order chi connectivity index (χ0) is 20.4. The minimum atomic E-state index is -1.09. The van der Waals surface area contributed by atoms with E-state index in [0.717, 1.165) is 4.68 Å². The highest BCUT2D eigenvalue weighted by molar-refractivity contribution is 5.93. The second kappa shape index (κ2) is 8.12. The van der Waals surface area contributed by atoms with E-state index >= 15 is 0 Å². The highest BCUT2D eigenvalue weighted by Gasteiger charge is 2.30. The number of aliphatic hydroxyl groups excluding tert-OH is 2. The molecule has 4 rings (SSSR count). The normalized spacial score (nSPS) is 21.3. The summed E-state index contributed by atoms with van der Waals surface area (Å²) in [5, 5.41) is 25.0. The summed E-state index contributed by atoms with van der Waals surface area (Å²) >= 11 is 0. The predicted molar refractivity (Wildman–Crippen MR) is 103 cm³/mol. The number of benzene rings is 2. The van der Waals surface area contributed by atoms with E-state index in [1.165, 1.54) is 24.5 Å². The third kappa shape index (κ3) is 3.77. The van der Waals surface area contributed by atoms with Crippen LogP contribution in [-0.2, 0) is 16.2 Å². The maximum absolute atomic E-state index is 13.3. The fraction of sp³-hybridized carbons (Fsp3) is 0.238. The summed E-state index contributed by atoms with van der Waals surface area (Å²) in [5.41, 5.74) is 0.818. The van der Waals surface area contributed by atoms with Crippen LogP contribution in [0.4, 0.5) is 4.39 Å². The molecule has 0 radical (unpaired) electrons. The highest BCUT2D eigenvalue weighted by atomic mass is 19.1. The average molecular weight is 398 g/mol. The van der Waals surface area contributed by atoms with E-state index in [2.05, 4.69) is 5.10 Å². The Balaban J connectivity index is 1.70. The molecule has 0 bridgehead atoms. The summed E-state index contributed by atoms with van der Waals surface area (Å²) in [6, 6.07) is 12.9. The van der Waals surface area contributed by atoms with Crippen molar-refractivity contribution in [2.24, 2.45) is 0 Å². The quantitative estimate of drug-likeness (QED) is 0.681. The first-order valence-corrected chi connectivity index (χ1v) is 9.07. The summed E-state index contributed by atoms with van der Waals surface area (Å²) in [5.74, 6) is -0.367. The molecule has 0 amide bonds. The molecule has 0 unspecified atom stereocenters. The summed E-state index contributed by atoms with van der Waals surface area (Å²) in [7, 11) is 0. The van der Waals surface area contributed by atoms with Crippen LogP contribution < -0.4 is 5.56 Å². The minimum Gasteiger partial charge on any atom is -0.493 e. The van der Waals surface area contributed by atoms with Gasteiger partial charge in [-0.2, -0.15) is 5.10 Å². The van der Waals surface area contributed by atoms with Crippen LogP contribution in [0.25, 0.3) is 22.0 Å². The number of hydrogen-bond acceptors (Lipinski definition) is 6. The molecular formula is C21H19FN2O5. The molecule has 2 N–H and O–H groups in total. The van der Waals surface area contributed by atoms with Crippen molar-refractivity contribution >= 4 is 10.8 Å². The number of aliphatic hydroxyl groups is 2. The SMILES string of the molecule is O=c1c2ccccc2c(-c2ccc(F)cc2)nn1CO[C@@H]1C=CO[C@H](CO)[C@@H]1O. The van der Waals surface area contributed by atoms with Crippen molar-refractivity contribution in [3.8, 4) is 11.3 Å². The maximum Gasteiger partial charge on any atom is 0.276 e. The van der Waals surface area contributed by atoms with E-state index in [1.54, 1.807) is 36.4 Å². The Labute approximate surface area is 165 Å². The largest absolute Gasteiger partial charge is 0.493 e. The van der Waals surface area contributed by atoms with Gasteiger partial charge in [0.15, 0.2) is 0 Å². The van der Waals surface area contributed by atoms with Gasteiger partial charge in [0.05, 0.1) is 23.9 Å². The zero-order valence-corrected chi connectivity index (χ0v) is 15.3. The Bertz CT molecular complexity index is 1100. The molecule has 1 aromatic heterocycles. The summed E-state index contributed by atoms with van der Waals surface area (Å²) in [4.78, 5) is 12.9. The van der Waals surface area contributed by atoms with Crippen molar-refractivity contribution in [1.82, 2.24) is 9.78 Å². The van der Waals surface area contributed by atoms with Crippen molar-refractivity contribution in [3.63, 3.8) is 0 Å². The molecule has 2 aromatic carbocycles. The van der Waals surface area contributed by atoms with Crippen molar-refractivity contribution < 1.29 is 24.1 Å². The molecule has 29 heavy (non-hydrogen) atoms. The lowest BCUT2D eigenvalue weighted by Gasteiger charge is -2.29.